The monoisotopic (exact) mass is 337 g/mol. The second-order valence-electron chi connectivity index (χ2n) is 5.50. The lowest BCUT2D eigenvalue weighted by Crippen LogP contribution is -2.20. The highest BCUT2D eigenvalue weighted by Crippen LogP contribution is 2.36. The number of methoxy groups -OCH3 is 1. The molecule has 0 aliphatic carbocycles. The SMILES string of the molecule is COc1ccc(-c2nnc3n2C(=O)C(Cc2ccccc2)S3)cc1. The first kappa shape index (κ1) is 15.0. The van der Waals surface area contributed by atoms with Crippen molar-refractivity contribution < 1.29 is 9.53 Å². The van der Waals surface area contributed by atoms with Crippen LogP contribution in [0.2, 0.25) is 0 Å². The van der Waals surface area contributed by atoms with Crippen LogP contribution in [0.5, 0.6) is 5.75 Å². The number of hydrogen-bond donors (Lipinski definition) is 0. The zero-order valence-corrected chi connectivity index (χ0v) is 13.9. The summed E-state index contributed by atoms with van der Waals surface area (Å²) in [6.45, 7) is 0. The minimum atomic E-state index is -0.158. The van der Waals surface area contributed by atoms with Gasteiger partial charge in [0.1, 0.15) is 5.75 Å². The van der Waals surface area contributed by atoms with Gasteiger partial charge in [-0.25, -0.2) is 4.57 Å². The summed E-state index contributed by atoms with van der Waals surface area (Å²) in [6.07, 6.45) is 0.690. The number of ether oxygens (including phenoxy) is 1. The van der Waals surface area contributed by atoms with Gasteiger partial charge in [0, 0.05) is 5.56 Å². The normalized spacial score (nSPS) is 16.2. The second-order valence-corrected chi connectivity index (χ2v) is 6.67. The van der Waals surface area contributed by atoms with Crippen LogP contribution >= 0.6 is 11.8 Å². The molecule has 0 amide bonds. The largest absolute Gasteiger partial charge is 0.497 e. The molecule has 1 aliphatic rings. The zero-order valence-electron chi connectivity index (χ0n) is 13.0. The summed E-state index contributed by atoms with van der Waals surface area (Å²) in [7, 11) is 1.62. The van der Waals surface area contributed by atoms with Crippen molar-refractivity contribution in [3.63, 3.8) is 0 Å². The summed E-state index contributed by atoms with van der Waals surface area (Å²) in [6, 6.07) is 17.5. The van der Waals surface area contributed by atoms with Crippen molar-refractivity contribution in [3.05, 3.63) is 60.2 Å². The first-order valence-corrected chi connectivity index (χ1v) is 8.49. The van der Waals surface area contributed by atoms with E-state index in [1.807, 2.05) is 54.6 Å². The Bertz CT molecular complexity index is 875. The molecule has 0 radical (unpaired) electrons. The van der Waals surface area contributed by atoms with Crippen LogP contribution in [0.1, 0.15) is 10.4 Å². The number of thioether (sulfide) groups is 1. The van der Waals surface area contributed by atoms with Crippen LogP contribution in [-0.4, -0.2) is 33.0 Å². The Morgan fingerprint density at radius 2 is 1.83 bits per heavy atom. The van der Waals surface area contributed by atoms with Gasteiger partial charge < -0.3 is 4.74 Å². The van der Waals surface area contributed by atoms with E-state index >= 15 is 0 Å². The molecule has 1 aliphatic heterocycles. The van der Waals surface area contributed by atoms with E-state index < -0.39 is 0 Å². The van der Waals surface area contributed by atoms with Gasteiger partial charge >= 0.3 is 0 Å². The molecule has 0 saturated heterocycles. The Morgan fingerprint density at radius 3 is 2.54 bits per heavy atom. The highest BCUT2D eigenvalue weighted by molar-refractivity contribution is 8.00. The van der Waals surface area contributed by atoms with E-state index in [-0.39, 0.29) is 11.2 Å². The van der Waals surface area contributed by atoms with Crippen molar-refractivity contribution in [1.82, 2.24) is 14.8 Å². The third-order valence-corrected chi connectivity index (χ3v) is 5.12. The molecule has 6 heteroatoms. The van der Waals surface area contributed by atoms with E-state index in [1.54, 1.807) is 11.7 Å². The molecule has 4 rings (SSSR count). The molecule has 0 fully saturated rings. The lowest BCUT2D eigenvalue weighted by Gasteiger charge is -2.08. The van der Waals surface area contributed by atoms with E-state index in [0.29, 0.717) is 17.4 Å². The second kappa shape index (κ2) is 6.13. The average molecular weight is 337 g/mol. The van der Waals surface area contributed by atoms with Gasteiger partial charge in [-0.3, -0.25) is 4.79 Å². The predicted octanol–water partition coefficient (Wildman–Crippen LogP) is 3.31. The standard InChI is InChI=1S/C18H15N3O2S/c1-23-14-9-7-13(8-10-14)16-19-20-18-21(16)17(22)15(24-18)11-12-5-3-2-4-6-12/h2-10,15H,11H2,1H3. The Kier molecular flexibility index (Phi) is 3.82. The maximum Gasteiger partial charge on any atom is 0.248 e. The van der Waals surface area contributed by atoms with Gasteiger partial charge in [-0.05, 0) is 36.2 Å². The third-order valence-electron chi connectivity index (χ3n) is 3.99. The van der Waals surface area contributed by atoms with E-state index in [2.05, 4.69) is 10.2 Å². The highest BCUT2D eigenvalue weighted by atomic mass is 32.2. The molecule has 0 N–H and O–H groups in total. The first-order chi connectivity index (χ1) is 11.8. The van der Waals surface area contributed by atoms with Gasteiger partial charge in [-0.2, -0.15) is 0 Å². The molecule has 0 spiro atoms. The molecule has 1 aromatic heterocycles. The van der Waals surface area contributed by atoms with Crippen LogP contribution in [0.4, 0.5) is 0 Å². The number of aromatic nitrogens is 3. The molecule has 1 atom stereocenters. The van der Waals surface area contributed by atoms with Gasteiger partial charge in [-0.15, -0.1) is 10.2 Å². The minimum Gasteiger partial charge on any atom is -0.497 e. The maximum atomic E-state index is 12.8. The molecule has 120 valence electrons. The molecule has 0 saturated carbocycles. The molecular weight excluding hydrogens is 322 g/mol. The Balaban J connectivity index is 1.62. The number of rotatable bonds is 4. The molecule has 3 aromatic rings. The highest BCUT2D eigenvalue weighted by Gasteiger charge is 2.35. The molecule has 2 heterocycles. The van der Waals surface area contributed by atoms with Crippen molar-refractivity contribution in [2.75, 3.05) is 7.11 Å². The topological polar surface area (TPSA) is 57.0 Å². The minimum absolute atomic E-state index is 0.0367. The van der Waals surface area contributed by atoms with Crippen molar-refractivity contribution in [1.29, 1.82) is 0 Å². The van der Waals surface area contributed by atoms with Gasteiger partial charge in [0.05, 0.1) is 12.4 Å². The van der Waals surface area contributed by atoms with Crippen molar-refractivity contribution in [2.45, 2.75) is 16.8 Å². The van der Waals surface area contributed by atoms with Crippen LogP contribution in [0.15, 0.2) is 59.8 Å². The lowest BCUT2D eigenvalue weighted by molar-refractivity contribution is 0.0911. The van der Waals surface area contributed by atoms with Crippen molar-refractivity contribution in [2.24, 2.45) is 0 Å². The first-order valence-electron chi connectivity index (χ1n) is 7.61. The lowest BCUT2D eigenvalue weighted by atomic mass is 10.1. The maximum absolute atomic E-state index is 12.8. The van der Waals surface area contributed by atoms with Crippen molar-refractivity contribution in [3.8, 4) is 17.1 Å². The number of carbonyl (C=O) groups excluding carboxylic acids is 1. The Labute approximate surface area is 143 Å². The number of hydrogen-bond acceptors (Lipinski definition) is 5. The summed E-state index contributed by atoms with van der Waals surface area (Å²) < 4.78 is 6.79. The van der Waals surface area contributed by atoms with Crippen LogP contribution in [0.3, 0.4) is 0 Å². The quantitative estimate of drug-likeness (QED) is 0.731. The smallest absolute Gasteiger partial charge is 0.248 e. The number of carbonyl (C=O) groups is 1. The fraction of sp³-hybridized carbons (Fsp3) is 0.167. The molecular formula is C18H15N3O2S. The summed E-state index contributed by atoms with van der Waals surface area (Å²) in [5.41, 5.74) is 2.00. The Hall–Kier alpha value is -2.60. The van der Waals surface area contributed by atoms with Crippen molar-refractivity contribution >= 4 is 17.7 Å². The van der Waals surface area contributed by atoms with Crippen LogP contribution in [0.25, 0.3) is 11.4 Å². The number of fused-ring (bicyclic) bond motifs is 1. The van der Waals surface area contributed by atoms with E-state index in [0.717, 1.165) is 16.9 Å². The fourth-order valence-electron chi connectivity index (χ4n) is 2.75. The van der Waals surface area contributed by atoms with Gasteiger partial charge in [0.15, 0.2) is 11.0 Å². The van der Waals surface area contributed by atoms with Gasteiger partial charge in [0.2, 0.25) is 5.91 Å². The molecule has 1 unspecified atom stereocenters. The van der Waals surface area contributed by atoms with E-state index in [4.69, 9.17) is 4.74 Å². The Morgan fingerprint density at radius 1 is 1.08 bits per heavy atom. The number of benzene rings is 2. The van der Waals surface area contributed by atoms with E-state index in [1.165, 1.54) is 11.8 Å². The number of nitrogens with zero attached hydrogens (tertiary/aromatic N) is 3. The van der Waals surface area contributed by atoms with Gasteiger partial charge in [0.25, 0.3) is 0 Å². The fourth-order valence-corrected chi connectivity index (χ4v) is 3.86. The van der Waals surface area contributed by atoms with Gasteiger partial charge in [-0.1, -0.05) is 42.1 Å². The molecule has 2 aromatic carbocycles. The molecule has 24 heavy (non-hydrogen) atoms. The summed E-state index contributed by atoms with van der Waals surface area (Å²) in [5, 5.41) is 8.87. The molecule has 0 bridgehead atoms. The van der Waals surface area contributed by atoms with E-state index in [9.17, 15) is 4.79 Å². The van der Waals surface area contributed by atoms with Crippen LogP contribution < -0.4 is 4.74 Å². The third kappa shape index (κ3) is 2.59. The predicted molar refractivity (Wildman–Crippen MR) is 92.4 cm³/mol. The van der Waals surface area contributed by atoms with Crippen LogP contribution in [0, 0.1) is 0 Å². The average Bonchev–Trinajstić information content (AvgIpc) is 3.17. The summed E-state index contributed by atoms with van der Waals surface area (Å²) in [4.78, 5) is 12.8. The molecule has 5 nitrogen and oxygen atoms in total. The van der Waals surface area contributed by atoms with Crippen LogP contribution in [-0.2, 0) is 6.42 Å². The zero-order chi connectivity index (χ0) is 16.5. The summed E-state index contributed by atoms with van der Waals surface area (Å²) in [5.74, 6) is 1.39. The summed E-state index contributed by atoms with van der Waals surface area (Å²) >= 11 is 1.48.